The van der Waals surface area contributed by atoms with E-state index in [2.05, 4.69) is 25.7 Å². The van der Waals surface area contributed by atoms with E-state index in [1.165, 1.54) is 0 Å². The van der Waals surface area contributed by atoms with Gasteiger partial charge in [-0.05, 0) is 37.5 Å². The average Bonchev–Trinajstić information content (AvgIpc) is 2.47. The molecule has 1 aromatic rings. The fourth-order valence-electron chi connectivity index (χ4n) is 2.72. The molecule has 0 saturated carbocycles. The smallest absolute Gasteiger partial charge is 0.129 e. The minimum Gasteiger partial charge on any atom is -0.392 e. The first kappa shape index (κ1) is 15.3. The average molecular weight is 278 g/mol. The molecule has 2 heterocycles. The second-order valence-electron chi connectivity index (χ2n) is 5.59. The van der Waals surface area contributed by atoms with E-state index in [1.807, 2.05) is 12.1 Å². The summed E-state index contributed by atoms with van der Waals surface area (Å²) in [4.78, 5) is 7.13. The van der Waals surface area contributed by atoms with E-state index in [1.54, 1.807) is 0 Å². The van der Waals surface area contributed by atoms with Crippen molar-refractivity contribution in [2.75, 3.05) is 18.1 Å². The lowest BCUT2D eigenvalue weighted by molar-refractivity contribution is 0.0296. The molecule has 2 unspecified atom stereocenters. The second kappa shape index (κ2) is 7.04. The number of aliphatic hydroxyl groups excluding tert-OH is 1. The maximum atomic E-state index is 9.46. The van der Waals surface area contributed by atoms with E-state index in [-0.39, 0.29) is 12.7 Å². The number of rotatable bonds is 5. The highest BCUT2D eigenvalue weighted by atomic mass is 16.5. The Morgan fingerprint density at radius 1 is 1.40 bits per heavy atom. The highest BCUT2D eigenvalue weighted by Crippen LogP contribution is 2.24. The molecule has 0 spiro atoms. The molecule has 1 aliphatic rings. The Morgan fingerprint density at radius 2 is 2.20 bits per heavy atom. The van der Waals surface area contributed by atoms with Crippen molar-refractivity contribution in [1.29, 1.82) is 0 Å². The van der Waals surface area contributed by atoms with Crippen molar-refractivity contribution in [3.8, 4) is 0 Å². The van der Waals surface area contributed by atoms with Gasteiger partial charge in [0.1, 0.15) is 5.82 Å². The van der Waals surface area contributed by atoms with E-state index in [9.17, 15) is 5.11 Å². The molecule has 0 amide bonds. The molecule has 1 saturated heterocycles. The minimum atomic E-state index is 0.0723. The topological polar surface area (TPSA) is 45.6 Å². The summed E-state index contributed by atoms with van der Waals surface area (Å²) in [6, 6.07) is 4.40. The van der Waals surface area contributed by atoms with Gasteiger partial charge in [-0.1, -0.05) is 20.3 Å². The zero-order valence-electron chi connectivity index (χ0n) is 12.8. The third-order valence-electron chi connectivity index (χ3n) is 3.85. The van der Waals surface area contributed by atoms with Gasteiger partial charge in [-0.15, -0.1) is 0 Å². The summed E-state index contributed by atoms with van der Waals surface area (Å²) in [7, 11) is 0. The van der Waals surface area contributed by atoms with Gasteiger partial charge in [-0.25, -0.2) is 4.98 Å². The molecular formula is C16H26N2O2. The van der Waals surface area contributed by atoms with Crippen LogP contribution in [0, 0.1) is 0 Å². The predicted octanol–water partition coefficient (Wildman–Crippen LogP) is 2.53. The summed E-state index contributed by atoms with van der Waals surface area (Å²) >= 11 is 0. The van der Waals surface area contributed by atoms with E-state index in [4.69, 9.17) is 9.72 Å². The molecule has 0 aromatic carbocycles. The summed E-state index contributed by atoms with van der Waals surface area (Å²) in [6.45, 7) is 8.13. The van der Waals surface area contributed by atoms with Gasteiger partial charge in [-0.3, -0.25) is 0 Å². The molecular weight excluding hydrogens is 252 g/mol. The third-order valence-corrected chi connectivity index (χ3v) is 3.85. The molecule has 20 heavy (non-hydrogen) atoms. The van der Waals surface area contributed by atoms with Crippen molar-refractivity contribution >= 4 is 5.82 Å². The van der Waals surface area contributed by atoms with Crippen molar-refractivity contribution in [2.45, 2.75) is 58.8 Å². The molecule has 0 bridgehead atoms. The van der Waals surface area contributed by atoms with Gasteiger partial charge in [-0.2, -0.15) is 0 Å². The van der Waals surface area contributed by atoms with Crippen LogP contribution in [0.15, 0.2) is 12.1 Å². The van der Waals surface area contributed by atoms with Crippen LogP contribution in [0.5, 0.6) is 0 Å². The van der Waals surface area contributed by atoms with Crippen molar-refractivity contribution in [3.63, 3.8) is 0 Å². The van der Waals surface area contributed by atoms with Crippen molar-refractivity contribution in [2.24, 2.45) is 0 Å². The summed E-state index contributed by atoms with van der Waals surface area (Å²) in [5.74, 6) is 0.988. The maximum Gasteiger partial charge on any atom is 0.129 e. The molecule has 2 atom stereocenters. The fraction of sp³-hybridized carbons (Fsp3) is 0.688. The number of hydrogen-bond donors (Lipinski definition) is 1. The Labute approximate surface area is 121 Å². The fourth-order valence-corrected chi connectivity index (χ4v) is 2.72. The standard InChI is InChI=1S/C16H26N2O2/c1-4-6-14-7-13(10-19)8-16(17-14)18-9-12(3)20-11-15(18)5-2/h7-8,12,15,19H,4-6,9-11H2,1-3H3. The van der Waals surface area contributed by atoms with Gasteiger partial charge in [0.2, 0.25) is 0 Å². The molecule has 1 fully saturated rings. The molecule has 0 radical (unpaired) electrons. The van der Waals surface area contributed by atoms with Crippen LogP contribution in [0.3, 0.4) is 0 Å². The van der Waals surface area contributed by atoms with Gasteiger partial charge >= 0.3 is 0 Å². The first-order valence-electron chi connectivity index (χ1n) is 7.66. The number of aromatic nitrogens is 1. The number of hydrogen-bond acceptors (Lipinski definition) is 4. The molecule has 0 aliphatic carbocycles. The third kappa shape index (κ3) is 3.49. The molecule has 1 N–H and O–H groups in total. The first-order valence-corrected chi connectivity index (χ1v) is 7.66. The monoisotopic (exact) mass is 278 g/mol. The van der Waals surface area contributed by atoms with Crippen LogP contribution in [0.4, 0.5) is 5.82 Å². The SMILES string of the molecule is CCCc1cc(CO)cc(N2CC(C)OCC2CC)n1. The van der Waals surface area contributed by atoms with Crippen molar-refractivity contribution in [1.82, 2.24) is 4.98 Å². The Bertz CT molecular complexity index is 436. The zero-order valence-corrected chi connectivity index (χ0v) is 12.8. The van der Waals surface area contributed by atoms with Crippen LogP contribution in [-0.2, 0) is 17.8 Å². The Kier molecular flexibility index (Phi) is 5.38. The van der Waals surface area contributed by atoms with Crippen LogP contribution in [0.2, 0.25) is 0 Å². The molecule has 4 nitrogen and oxygen atoms in total. The van der Waals surface area contributed by atoms with Crippen LogP contribution < -0.4 is 4.90 Å². The first-order chi connectivity index (χ1) is 9.67. The molecule has 1 aliphatic heterocycles. The number of pyridine rings is 1. The minimum absolute atomic E-state index is 0.0723. The normalized spacial score (nSPS) is 23.1. The lowest BCUT2D eigenvalue weighted by Gasteiger charge is -2.39. The molecule has 2 rings (SSSR count). The van der Waals surface area contributed by atoms with Crippen LogP contribution in [-0.4, -0.2) is 35.4 Å². The van der Waals surface area contributed by atoms with Crippen LogP contribution in [0.25, 0.3) is 0 Å². The summed E-state index contributed by atoms with van der Waals surface area (Å²) in [5, 5.41) is 9.46. The highest BCUT2D eigenvalue weighted by molar-refractivity contribution is 5.44. The highest BCUT2D eigenvalue weighted by Gasteiger charge is 2.26. The summed E-state index contributed by atoms with van der Waals surface area (Å²) < 4.78 is 5.75. The van der Waals surface area contributed by atoms with Crippen molar-refractivity contribution in [3.05, 3.63) is 23.4 Å². The van der Waals surface area contributed by atoms with Gasteiger partial charge < -0.3 is 14.7 Å². The van der Waals surface area contributed by atoms with E-state index in [0.29, 0.717) is 6.04 Å². The molecule has 1 aromatic heterocycles. The number of aliphatic hydroxyl groups is 1. The number of nitrogens with zero attached hydrogens (tertiary/aromatic N) is 2. The maximum absolute atomic E-state index is 9.46. The lowest BCUT2D eigenvalue weighted by atomic mass is 10.1. The Balaban J connectivity index is 2.30. The van der Waals surface area contributed by atoms with Crippen LogP contribution >= 0.6 is 0 Å². The van der Waals surface area contributed by atoms with Crippen LogP contribution in [0.1, 0.15) is 44.9 Å². The van der Waals surface area contributed by atoms with Gasteiger partial charge in [0.05, 0.1) is 25.4 Å². The molecule has 4 heteroatoms. The number of morpholine rings is 1. The quantitative estimate of drug-likeness (QED) is 0.899. The zero-order chi connectivity index (χ0) is 14.5. The summed E-state index contributed by atoms with van der Waals surface area (Å²) in [5.41, 5.74) is 2.02. The Hall–Kier alpha value is -1.13. The van der Waals surface area contributed by atoms with E-state index in [0.717, 1.165) is 49.5 Å². The summed E-state index contributed by atoms with van der Waals surface area (Å²) in [6.07, 6.45) is 3.29. The number of aryl methyl sites for hydroxylation is 1. The predicted molar refractivity (Wildman–Crippen MR) is 81.0 cm³/mol. The van der Waals surface area contributed by atoms with E-state index < -0.39 is 0 Å². The number of ether oxygens (including phenoxy) is 1. The number of anilines is 1. The molecule has 112 valence electrons. The van der Waals surface area contributed by atoms with Gasteiger partial charge in [0.25, 0.3) is 0 Å². The van der Waals surface area contributed by atoms with E-state index >= 15 is 0 Å². The van der Waals surface area contributed by atoms with Crippen molar-refractivity contribution < 1.29 is 9.84 Å². The second-order valence-corrected chi connectivity index (χ2v) is 5.59. The lowest BCUT2D eigenvalue weighted by Crippen LogP contribution is -2.49. The Morgan fingerprint density at radius 3 is 2.85 bits per heavy atom. The van der Waals surface area contributed by atoms with Gasteiger partial charge in [0, 0.05) is 12.2 Å². The largest absolute Gasteiger partial charge is 0.392 e. The van der Waals surface area contributed by atoms with Gasteiger partial charge in [0.15, 0.2) is 0 Å².